The van der Waals surface area contributed by atoms with E-state index in [0.29, 0.717) is 24.2 Å². The van der Waals surface area contributed by atoms with Gasteiger partial charge in [-0.2, -0.15) is 0 Å². The van der Waals surface area contributed by atoms with Crippen LogP contribution in [0.4, 0.5) is 4.39 Å². The van der Waals surface area contributed by atoms with Crippen LogP contribution in [0, 0.1) is 11.8 Å². The number of benzene rings is 1. The number of nitrogens with zero attached hydrogens (tertiary/aromatic N) is 3. The molecule has 0 saturated carbocycles. The number of likely N-dealkylation sites (tertiary alicyclic amines) is 1. The SMILES string of the molecule is COc1ccc2nccc([C@@H](F)CC[C@@H]3CCN(CCSc4cccnc4)C[C@@H]3CC(=O)O)c2c1. The Morgan fingerprint density at radius 1 is 1.29 bits per heavy atom. The van der Waals surface area contributed by atoms with Gasteiger partial charge in [-0.3, -0.25) is 14.8 Å². The topological polar surface area (TPSA) is 75.5 Å². The summed E-state index contributed by atoms with van der Waals surface area (Å²) in [5.41, 5.74) is 1.36. The number of pyridine rings is 2. The third kappa shape index (κ3) is 6.92. The minimum atomic E-state index is -1.13. The van der Waals surface area contributed by atoms with Crippen LogP contribution in [0.3, 0.4) is 0 Å². The van der Waals surface area contributed by atoms with Gasteiger partial charge in [0.1, 0.15) is 11.9 Å². The smallest absolute Gasteiger partial charge is 0.303 e. The molecule has 0 bridgehead atoms. The number of ether oxygens (including phenoxy) is 1. The van der Waals surface area contributed by atoms with Crippen LogP contribution in [0.5, 0.6) is 5.75 Å². The monoisotopic (exact) mass is 497 g/mol. The van der Waals surface area contributed by atoms with E-state index >= 15 is 4.39 Å². The molecule has 0 radical (unpaired) electrons. The van der Waals surface area contributed by atoms with Crippen LogP contribution in [-0.4, -0.2) is 58.4 Å². The highest BCUT2D eigenvalue weighted by Crippen LogP contribution is 2.36. The first kappa shape index (κ1) is 25.4. The van der Waals surface area contributed by atoms with Crippen molar-refractivity contribution in [1.29, 1.82) is 0 Å². The molecule has 0 amide bonds. The minimum absolute atomic E-state index is 0.0334. The number of hydrogen-bond acceptors (Lipinski definition) is 6. The summed E-state index contributed by atoms with van der Waals surface area (Å²) in [5, 5.41) is 10.3. The number of halogens is 1. The van der Waals surface area contributed by atoms with Crippen LogP contribution in [-0.2, 0) is 4.79 Å². The number of fused-ring (bicyclic) bond motifs is 1. The van der Waals surface area contributed by atoms with Gasteiger partial charge in [0.15, 0.2) is 0 Å². The van der Waals surface area contributed by atoms with Crippen molar-refractivity contribution < 1.29 is 19.0 Å². The molecule has 8 heteroatoms. The van der Waals surface area contributed by atoms with Gasteiger partial charge in [-0.05, 0) is 79.6 Å². The number of methoxy groups -OCH3 is 1. The predicted octanol–water partition coefficient (Wildman–Crippen LogP) is 5.63. The first-order chi connectivity index (χ1) is 17.0. The maximum atomic E-state index is 15.4. The second-order valence-electron chi connectivity index (χ2n) is 9.07. The van der Waals surface area contributed by atoms with Gasteiger partial charge in [0.2, 0.25) is 0 Å². The van der Waals surface area contributed by atoms with Gasteiger partial charge < -0.3 is 14.7 Å². The lowest BCUT2D eigenvalue weighted by Gasteiger charge is -2.38. The fourth-order valence-electron chi connectivity index (χ4n) is 4.98. The second kappa shape index (κ2) is 12.3. The molecule has 1 aromatic carbocycles. The van der Waals surface area contributed by atoms with Crippen molar-refractivity contribution >= 4 is 28.6 Å². The lowest BCUT2D eigenvalue weighted by molar-refractivity contribution is -0.139. The largest absolute Gasteiger partial charge is 0.497 e. The van der Waals surface area contributed by atoms with Crippen molar-refractivity contribution in [2.45, 2.75) is 36.8 Å². The number of carboxylic acid groups (broad SMARTS) is 1. The van der Waals surface area contributed by atoms with Crippen molar-refractivity contribution in [3.63, 3.8) is 0 Å². The molecule has 0 spiro atoms. The summed E-state index contributed by atoms with van der Waals surface area (Å²) in [6, 6.07) is 11.2. The molecule has 0 aliphatic carbocycles. The van der Waals surface area contributed by atoms with Gasteiger partial charge in [-0.25, -0.2) is 4.39 Å². The molecule has 3 aromatic rings. The van der Waals surface area contributed by atoms with Gasteiger partial charge >= 0.3 is 5.97 Å². The second-order valence-corrected chi connectivity index (χ2v) is 10.2. The van der Waals surface area contributed by atoms with Crippen LogP contribution >= 0.6 is 11.8 Å². The van der Waals surface area contributed by atoms with Crippen molar-refractivity contribution in [3.05, 3.63) is 60.6 Å². The van der Waals surface area contributed by atoms with E-state index in [2.05, 4.69) is 14.9 Å². The van der Waals surface area contributed by atoms with E-state index in [0.717, 1.165) is 47.6 Å². The minimum Gasteiger partial charge on any atom is -0.497 e. The maximum Gasteiger partial charge on any atom is 0.303 e. The number of carbonyl (C=O) groups is 1. The van der Waals surface area contributed by atoms with Crippen LogP contribution in [0.25, 0.3) is 10.9 Å². The first-order valence-corrected chi connectivity index (χ1v) is 13.1. The summed E-state index contributed by atoms with van der Waals surface area (Å²) in [6.45, 7) is 2.57. The number of thioether (sulfide) groups is 1. The molecule has 1 N–H and O–H groups in total. The molecule has 2 aromatic heterocycles. The van der Waals surface area contributed by atoms with Crippen LogP contribution in [0.2, 0.25) is 0 Å². The maximum absolute atomic E-state index is 15.4. The molecule has 4 rings (SSSR count). The molecule has 1 aliphatic heterocycles. The molecule has 1 aliphatic rings. The van der Waals surface area contributed by atoms with Gasteiger partial charge in [0, 0.05) is 54.1 Å². The van der Waals surface area contributed by atoms with E-state index in [1.165, 1.54) is 0 Å². The van der Waals surface area contributed by atoms with Crippen LogP contribution < -0.4 is 4.74 Å². The molecule has 6 nitrogen and oxygen atoms in total. The first-order valence-electron chi connectivity index (χ1n) is 12.1. The lowest BCUT2D eigenvalue weighted by Crippen LogP contribution is -2.42. The Bertz CT molecular complexity index is 1120. The molecule has 1 saturated heterocycles. The van der Waals surface area contributed by atoms with Crippen LogP contribution in [0.1, 0.15) is 37.4 Å². The molecule has 1 fully saturated rings. The van der Waals surface area contributed by atoms with E-state index in [9.17, 15) is 9.90 Å². The van der Waals surface area contributed by atoms with Gasteiger partial charge in [-0.15, -0.1) is 11.8 Å². The van der Waals surface area contributed by atoms with E-state index in [-0.39, 0.29) is 18.3 Å². The number of aromatic nitrogens is 2. The Kier molecular flexibility index (Phi) is 8.93. The average Bonchev–Trinajstić information content (AvgIpc) is 2.87. The highest BCUT2D eigenvalue weighted by molar-refractivity contribution is 7.99. The fourth-order valence-corrected chi connectivity index (χ4v) is 5.88. The number of alkyl halides is 1. The highest BCUT2D eigenvalue weighted by Gasteiger charge is 2.31. The number of piperidine rings is 1. The van der Waals surface area contributed by atoms with Crippen molar-refractivity contribution in [1.82, 2.24) is 14.9 Å². The normalized spacial score (nSPS) is 19.5. The average molecular weight is 498 g/mol. The molecule has 35 heavy (non-hydrogen) atoms. The van der Waals surface area contributed by atoms with E-state index < -0.39 is 12.1 Å². The predicted molar refractivity (Wildman–Crippen MR) is 137 cm³/mol. The number of hydrogen-bond donors (Lipinski definition) is 1. The van der Waals surface area contributed by atoms with Crippen molar-refractivity contribution in [2.24, 2.45) is 11.8 Å². The van der Waals surface area contributed by atoms with E-state index in [1.807, 2.05) is 36.5 Å². The zero-order valence-corrected chi connectivity index (χ0v) is 20.8. The van der Waals surface area contributed by atoms with Crippen molar-refractivity contribution in [3.8, 4) is 5.75 Å². The number of aliphatic carboxylic acids is 1. The fraction of sp³-hybridized carbons (Fsp3) is 0.444. The highest BCUT2D eigenvalue weighted by atomic mass is 32.2. The Hall–Kier alpha value is -2.71. The third-order valence-corrected chi connectivity index (χ3v) is 7.80. The Morgan fingerprint density at radius 3 is 2.94 bits per heavy atom. The molecular formula is C27H32FN3O3S. The zero-order valence-electron chi connectivity index (χ0n) is 20.0. The summed E-state index contributed by atoms with van der Waals surface area (Å²) >= 11 is 1.76. The van der Waals surface area contributed by atoms with Gasteiger partial charge in [-0.1, -0.05) is 0 Å². The summed E-state index contributed by atoms with van der Waals surface area (Å²) in [6.07, 6.45) is 6.20. The van der Waals surface area contributed by atoms with Crippen molar-refractivity contribution in [2.75, 3.05) is 32.5 Å². The summed E-state index contributed by atoms with van der Waals surface area (Å²) in [7, 11) is 1.59. The molecular weight excluding hydrogens is 465 g/mol. The third-order valence-electron chi connectivity index (χ3n) is 6.83. The molecule has 3 atom stereocenters. The molecule has 186 valence electrons. The van der Waals surface area contributed by atoms with Gasteiger partial charge in [0.25, 0.3) is 0 Å². The number of carboxylic acids is 1. The van der Waals surface area contributed by atoms with E-state index in [1.54, 1.807) is 37.3 Å². The van der Waals surface area contributed by atoms with E-state index in [4.69, 9.17) is 4.74 Å². The summed E-state index contributed by atoms with van der Waals surface area (Å²) in [4.78, 5) is 23.5. The Labute approximate surface area is 209 Å². The quantitative estimate of drug-likeness (QED) is 0.344. The summed E-state index contributed by atoms with van der Waals surface area (Å²) < 4.78 is 20.8. The standard InChI is InChI=1S/C27H32FN3O3S/c1-34-21-5-7-26-24(16-21)23(8-11-30-26)25(28)6-4-19-9-12-31(18-20(19)15-27(32)33)13-14-35-22-3-2-10-29-17-22/h2-3,5,7-8,10-11,16-17,19-20,25H,4,6,9,12-15,18H2,1H3,(H,32,33)/t19-,20+,25+/m1/s1. The Morgan fingerprint density at radius 2 is 2.17 bits per heavy atom. The summed E-state index contributed by atoms with van der Waals surface area (Å²) in [5.74, 6) is 1.06. The lowest BCUT2D eigenvalue weighted by atomic mass is 9.79. The van der Waals surface area contributed by atoms with Gasteiger partial charge in [0.05, 0.1) is 12.6 Å². The molecule has 3 heterocycles. The zero-order chi connectivity index (χ0) is 24.6. The molecule has 0 unspecified atom stereocenters. The Balaban J connectivity index is 1.35. The number of rotatable bonds is 11. The van der Waals surface area contributed by atoms with Crippen LogP contribution in [0.15, 0.2) is 59.9 Å².